The van der Waals surface area contributed by atoms with Crippen molar-refractivity contribution < 1.29 is 13.2 Å². The fourth-order valence-electron chi connectivity index (χ4n) is 4.65. The Hall–Kier alpha value is -2.71. The summed E-state index contributed by atoms with van der Waals surface area (Å²) in [4.78, 5) is 17.4. The minimum atomic E-state index is -3.80. The number of aromatic nitrogens is 2. The number of aryl methyl sites for hydroxylation is 4. The largest absolute Gasteiger partial charge is 0.350 e. The third-order valence-corrected chi connectivity index (χ3v) is 7.31. The van der Waals surface area contributed by atoms with E-state index >= 15 is 0 Å². The Kier molecular flexibility index (Phi) is 6.86. The highest BCUT2D eigenvalue weighted by atomic mass is 32.2. The molecular formula is C25H32N4O3S. The molecule has 0 saturated carbocycles. The Morgan fingerprint density at radius 1 is 1.15 bits per heavy atom. The molecular weight excluding hydrogens is 436 g/mol. The number of nitrogens with one attached hydrogen (secondary N) is 1. The number of rotatable bonds is 8. The molecule has 33 heavy (non-hydrogen) atoms. The SMILES string of the molecule is CCCn1c(CCC(=O)NC(C)c2ccc3c(c2)CCCC3)nc2cc(S(N)(=O)=O)ccc21. The maximum absolute atomic E-state index is 12.7. The number of carbonyl (C=O) groups is 1. The van der Waals surface area contributed by atoms with Crippen molar-refractivity contribution in [3.05, 3.63) is 58.9 Å². The molecule has 1 aromatic heterocycles. The number of hydrogen-bond acceptors (Lipinski definition) is 4. The van der Waals surface area contributed by atoms with Crippen LogP contribution < -0.4 is 10.5 Å². The van der Waals surface area contributed by atoms with E-state index in [1.54, 1.807) is 6.07 Å². The molecule has 0 aliphatic heterocycles. The van der Waals surface area contributed by atoms with Gasteiger partial charge in [-0.15, -0.1) is 0 Å². The van der Waals surface area contributed by atoms with Gasteiger partial charge in [0.25, 0.3) is 0 Å². The van der Waals surface area contributed by atoms with Gasteiger partial charge >= 0.3 is 0 Å². The topological polar surface area (TPSA) is 107 Å². The number of sulfonamides is 1. The fraction of sp³-hybridized carbons (Fsp3) is 0.440. The Labute approximate surface area is 195 Å². The van der Waals surface area contributed by atoms with E-state index in [-0.39, 0.29) is 16.8 Å². The first-order valence-electron chi connectivity index (χ1n) is 11.7. The van der Waals surface area contributed by atoms with Crippen LogP contribution in [0.4, 0.5) is 0 Å². The van der Waals surface area contributed by atoms with Gasteiger partial charge in [0.2, 0.25) is 15.9 Å². The summed E-state index contributed by atoms with van der Waals surface area (Å²) < 4.78 is 25.5. The molecule has 0 radical (unpaired) electrons. The number of amides is 1. The Bertz CT molecular complexity index is 1280. The van der Waals surface area contributed by atoms with Crippen molar-refractivity contribution in [3.8, 4) is 0 Å². The first-order valence-corrected chi connectivity index (χ1v) is 13.2. The molecule has 1 amide bonds. The molecule has 4 rings (SSSR count). The number of primary sulfonamides is 1. The Morgan fingerprint density at radius 2 is 1.91 bits per heavy atom. The van der Waals surface area contributed by atoms with E-state index in [4.69, 9.17) is 5.14 Å². The number of nitrogens with zero attached hydrogens (tertiary/aromatic N) is 2. The second kappa shape index (κ2) is 9.65. The summed E-state index contributed by atoms with van der Waals surface area (Å²) in [7, 11) is -3.80. The molecule has 1 aliphatic carbocycles. The summed E-state index contributed by atoms with van der Waals surface area (Å²) >= 11 is 0. The molecule has 3 aromatic rings. The monoisotopic (exact) mass is 468 g/mol. The van der Waals surface area contributed by atoms with Crippen molar-refractivity contribution in [2.75, 3.05) is 0 Å². The summed E-state index contributed by atoms with van der Waals surface area (Å²) in [5, 5.41) is 8.38. The van der Waals surface area contributed by atoms with Crippen molar-refractivity contribution in [2.45, 2.75) is 76.3 Å². The minimum absolute atomic E-state index is 0.0273. The Balaban J connectivity index is 1.46. The number of fused-ring (bicyclic) bond motifs is 2. The van der Waals surface area contributed by atoms with Crippen LogP contribution >= 0.6 is 0 Å². The summed E-state index contributed by atoms with van der Waals surface area (Å²) in [6.45, 7) is 4.83. The first kappa shape index (κ1) is 23.4. The lowest BCUT2D eigenvalue weighted by molar-refractivity contribution is -0.121. The van der Waals surface area contributed by atoms with Crippen LogP contribution in [0.1, 0.15) is 68.1 Å². The van der Waals surface area contributed by atoms with Gasteiger partial charge < -0.3 is 9.88 Å². The molecule has 3 N–H and O–H groups in total. The quantitative estimate of drug-likeness (QED) is 0.524. The normalized spacial score (nSPS) is 14.8. The van der Waals surface area contributed by atoms with Crippen LogP contribution in [0, 0.1) is 0 Å². The average Bonchev–Trinajstić information content (AvgIpc) is 3.13. The van der Waals surface area contributed by atoms with Crippen LogP contribution in [0.5, 0.6) is 0 Å². The second-order valence-electron chi connectivity index (χ2n) is 8.90. The van der Waals surface area contributed by atoms with Crippen LogP contribution in [0.15, 0.2) is 41.3 Å². The van der Waals surface area contributed by atoms with E-state index in [0.29, 0.717) is 18.4 Å². The molecule has 0 bridgehead atoms. The second-order valence-corrected chi connectivity index (χ2v) is 10.5. The molecule has 1 heterocycles. The molecule has 1 atom stereocenters. The fourth-order valence-corrected chi connectivity index (χ4v) is 5.18. The number of nitrogens with two attached hydrogens (primary N) is 1. The van der Waals surface area contributed by atoms with E-state index < -0.39 is 10.0 Å². The lowest BCUT2D eigenvalue weighted by atomic mass is 9.89. The van der Waals surface area contributed by atoms with Crippen molar-refractivity contribution >= 4 is 27.0 Å². The van der Waals surface area contributed by atoms with E-state index in [1.165, 1.54) is 36.1 Å². The first-order chi connectivity index (χ1) is 15.8. The molecule has 8 heteroatoms. The maximum atomic E-state index is 12.7. The zero-order valence-electron chi connectivity index (χ0n) is 19.3. The van der Waals surface area contributed by atoms with Gasteiger partial charge in [-0.1, -0.05) is 25.1 Å². The van der Waals surface area contributed by atoms with Crippen LogP contribution in [0.25, 0.3) is 11.0 Å². The summed E-state index contributed by atoms with van der Waals surface area (Å²) in [6.07, 6.45) is 6.43. The zero-order valence-corrected chi connectivity index (χ0v) is 20.1. The van der Waals surface area contributed by atoms with E-state index in [1.807, 2.05) is 6.92 Å². The Morgan fingerprint density at radius 3 is 2.64 bits per heavy atom. The van der Waals surface area contributed by atoms with Crippen LogP contribution in [0.3, 0.4) is 0 Å². The molecule has 0 spiro atoms. The van der Waals surface area contributed by atoms with Gasteiger partial charge in [0.1, 0.15) is 5.82 Å². The minimum Gasteiger partial charge on any atom is -0.350 e. The maximum Gasteiger partial charge on any atom is 0.238 e. The van der Waals surface area contributed by atoms with Crippen LogP contribution in [-0.4, -0.2) is 23.9 Å². The van der Waals surface area contributed by atoms with Crippen LogP contribution in [-0.2, 0) is 40.6 Å². The van der Waals surface area contributed by atoms with Gasteiger partial charge in [0.15, 0.2) is 0 Å². The number of carbonyl (C=O) groups excluding carboxylic acids is 1. The zero-order chi connectivity index (χ0) is 23.6. The lowest BCUT2D eigenvalue weighted by Crippen LogP contribution is -2.27. The van der Waals surface area contributed by atoms with Gasteiger partial charge in [-0.2, -0.15) is 0 Å². The smallest absolute Gasteiger partial charge is 0.238 e. The third kappa shape index (κ3) is 5.28. The number of hydrogen-bond donors (Lipinski definition) is 2. The molecule has 2 aromatic carbocycles. The lowest BCUT2D eigenvalue weighted by Gasteiger charge is -2.20. The predicted molar refractivity (Wildman–Crippen MR) is 129 cm³/mol. The molecule has 1 aliphatic rings. The average molecular weight is 469 g/mol. The van der Waals surface area contributed by atoms with Gasteiger partial charge in [0, 0.05) is 19.4 Å². The number of imidazole rings is 1. The molecule has 176 valence electrons. The highest BCUT2D eigenvalue weighted by molar-refractivity contribution is 7.89. The standard InChI is InChI=1S/C25H32N4O3S/c1-3-14-29-23-11-10-21(33(26,31)32)16-22(23)28-24(29)12-13-25(30)27-17(2)19-9-8-18-6-4-5-7-20(18)15-19/h8-11,15-17H,3-7,12-14H2,1-2H3,(H,27,30)(H2,26,31,32). The van der Waals surface area contributed by atoms with E-state index in [2.05, 4.69) is 40.0 Å². The van der Waals surface area contributed by atoms with Gasteiger partial charge in [-0.05, 0) is 73.9 Å². The van der Waals surface area contributed by atoms with E-state index in [9.17, 15) is 13.2 Å². The van der Waals surface area contributed by atoms with Crippen molar-refractivity contribution in [1.82, 2.24) is 14.9 Å². The molecule has 0 fully saturated rings. The summed E-state index contributed by atoms with van der Waals surface area (Å²) in [5.41, 5.74) is 5.41. The third-order valence-electron chi connectivity index (χ3n) is 6.40. The highest BCUT2D eigenvalue weighted by Crippen LogP contribution is 2.25. The van der Waals surface area contributed by atoms with Gasteiger partial charge in [0.05, 0.1) is 22.0 Å². The van der Waals surface area contributed by atoms with Gasteiger partial charge in [-0.3, -0.25) is 4.79 Å². The van der Waals surface area contributed by atoms with Gasteiger partial charge in [-0.25, -0.2) is 18.5 Å². The number of benzene rings is 2. The molecule has 7 nitrogen and oxygen atoms in total. The summed E-state index contributed by atoms with van der Waals surface area (Å²) in [5.74, 6) is 0.746. The predicted octanol–water partition coefficient (Wildman–Crippen LogP) is 3.78. The van der Waals surface area contributed by atoms with Crippen molar-refractivity contribution in [1.29, 1.82) is 0 Å². The molecule has 0 saturated heterocycles. The van der Waals surface area contributed by atoms with Crippen molar-refractivity contribution in [3.63, 3.8) is 0 Å². The van der Waals surface area contributed by atoms with Crippen LogP contribution in [0.2, 0.25) is 0 Å². The van der Waals surface area contributed by atoms with Crippen molar-refractivity contribution in [2.24, 2.45) is 5.14 Å². The highest BCUT2D eigenvalue weighted by Gasteiger charge is 2.17. The summed E-state index contributed by atoms with van der Waals surface area (Å²) in [6, 6.07) is 11.2. The molecule has 1 unspecified atom stereocenters. The van der Waals surface area contributed by atoms with E-state index in [0.717, 1.165) is 42.7 Å².